The second-order valence-corrected chi connectivity index (χ2v) is 5.66. The van der Waals surface area contributed by atoms with Gasteiger partial charge in [-0.25, -0.2) is 5.43 Å². The first kappa shape index (κ1) is 15.5. The minimum absolute atomic E-state index is 0.0445. The van der Waals surface area contributed by atoms with Gasteiger partial charge in [-0.3, -0.25) is 9.59 Å². The maximum atomic E-state index is 11.4. The summed E-state index contributed by atoms with van der Waals surface area (Å²) < 4.78 is 5.60. The first-order valence-corrected chi connectivity index (χ1v) is 7.29. The molecule has 112 valence electrons. The van der Waals surface area contributed by atoms with Gasteiger partial charge < -0.3 is 15.2 Å². The quantitative estimate of drug-likeness (QED) is 0.299. The number of hydrazone groups is 1. The smallest absolute Gasteiger partial charge is 0.329 e. The summed E-state index contributed by atoms with van der Waals surface area (Å²) in [6, 6.07) is 3.35. The molecule has 0 atom stereocenters. The van der Waals surface area contributed by atoms with Crippen molar-refractivity contribution < 1.29 is 19.4 Å². The molecule has 0 unspecified atom stereocenters. The molecule has 7 nitrogen and oxygen atoms in total. The van der Waals surface area contributed by atoms with Gasteiger partial charge in [-0.05, 0) is 53.1 Å². The highest BCUT2D eigenvalue weighted by atomic mass is 127. The minimum atomic E-state index is -0.807. The molecule has 3 N–H and O–H groups in total. The van der Waals surface area contributed by atoms with Crippen LogP contribution in [0.2, 0.25) is 0 Å². The first-order valence-electron chi connectivity index (χ1n) is 6.21. The number of carbonyl (C=O) groups is 2. The molecule has 0 radical (unpaired) electrons. The lowest BCUT2D eigenvalue weighted by Crippen LogP contribution is -2.38. The summed E-state index contributed by atoms with van der Waals surface area (Å²) in [7, 11) is 1.44. The number of halogens is 1. The largest absolute Gasteiger partial charge is 0.504 e. The van der Waals surface area contributed by atoms with Gasteiger partial charge in [-0.1, -0.05) is 0 Å². The Morgan fingerprint density at radius 2 is 2.14 bits per heavy atom. The van der Waals surface area contributed by atoms with E-state index in [2.05, 4.69) is 15.8 Å². The highest BCUT2D eigenvalue weighted by Crippen LogP contribution is 2.31. The van der Waals surface area contributed by atoms with Crippen LogP contribution < -0.4 is 15.5 Å². The molecule has 8 heteroatoms. The number of phenols is 1. The van der Waals surface area contributed by atoms with Crippen molar-refractivity contribution in [1.29, 1.82) is 0 Å². The number of methoxy groups -OCH3 is 1. The standard InChI is InChI=1S/C13H14IN3O4/c1-21-10-5-7(4-9(14)11(10)18)6-15-17-13(20)12(19)16-8-2-3-8/h4-6,8,18H,2-3H2,1H3,(H,16,19)(H,17,20)/b15-6-. The molecule has 1 aliphatic rings. The first-order chi connectivity index (χ1) is 10.0. The summed E-state index contributed by atoms with van der Waals surface area (Å²) in [5, 5.41) is 16.0. The second kappa shape index (κ2) is 6.74. The van der Waals surface area contributed by atoms with Gasteiger partial charge in [0, 0.05) is 6.04 Å². The van der Waals surface area contributed by atoms with E-state index in [1.54, 1.807) is 12.1 Å². The number of hydrogen-bond donors (Lipinski definition) is 3. The number of hydrogen-bond acceptors (Lipinski definition) is 5. The average Bonchev–Trinajstić information content (AvgIpc) is 3.26. The number of benzene rings is 1. The Labute approximate surface area is 134 Å². The molecule has 2 amide bonds. The molecule has 1 aromatic carbocycles. The van der Waals surface area contributed by atoms with E-state index in [1.807, 2.05) is 22.6 Å². The number of aromatic hydroxyl groups is 1. The van der Waals surface area contributed by atoms with Crippen LogP contribution in [0.5, 0.6) is 11.5 Å². The number of phenolic OH excluding ortho intramolecular Hbond substituents is 1. The van der Waals surface area contributed by atoms with E-state index < -0.39 is 11.8 Å². The van der Waals surface area contributed by atoms with E-state index in [4.69, 9.17) is 4.74 Å². The molecule has 0 aliphatic heterocycles. The minimum Gasteiger partial charge on any atom is -0.504 e. The Balaban J connectivity index is 1.95. The van der Waals surface area contributed by atoms with Gasteiger partial charge in [0.25, 0.3) is 0 Å². The monoisotopic (exact) mass is 403 g/mol. The summed E-state index contributed by atoms with van der Waals surface area (Å²) >= 11 is 1.95. The van der Waals surface area contributed by atoms with E-state index in [1.165, 1.54) is 13.3 Å². The van der Waals surface area contributed by atoms with Crippen molar-refractivity contribution in [3.8, 4) is 11.5 Å². The summed E-state index contributed by atoms with van der Waals surface area (Å²) in [5.74, 6) is -1.14. The predicted molar refractivity (Wildman–Crippen MR) is 84.3 cm³/mol. The summed E-state index contributed by atoms with van der Waals surface area (Å²) in [6.07, 6.45) is 3.19. The van der Waals surface area contributed by atoms with Gasteiger partial charge in [-0.2, -0.15) is 5.10 Å². The van der Waals surface area contributed by atoms with E-state index in [0.29, 0.717) is 14.9 Å². The molecular formula is C13H14IN3O4. The molecule has 2 rings (SSSR count). The van der Waals surface area contributed by atoms with Crippen molar-refractivity contribution in [3.63, 3.8) is 0 Å². The number of rotatable bonds is 4. The fourth-order valence-corrected chi connectivity index (χ4v) is 2.14. The third-order valence-corrected chi connectivity index (χ3v) is 3.59. The van der Waals surface area contributed by atoms with E-state index in [-0.39, 0.29) is 11.8 Å². The lowest BCUT2D eigenvalue weighted by molar-refractivity contribution is -0.139. The fourth-order valence-electron chi connectivity index (χ4n) is 1.52. The maximum absolute atomic E-state index is 11.4. The van der Waals surface area contributed by atoms with Gasteiger partial charge in [0.15, 0.2) is 11.5 Å². The van der Waals surface area contributed by atoms with Crippen molar-refractivity contribution in [2.45, 2.75) is 18.9 Å². The van der Waals surface area contributed by atoms with Gasteiger partial charge in [0.2, 0.25) is 0 Å². The van der Waals surface area contributed by atoms with Crippen LogP contribution in [0.3, 0.4) is 0 Å². The van der Waals surface area contributed by atoms with Crippen molar-refractivity contribution in [2.75, 3.05) is 7.11 Å². The van der Waals surface area contributed by atoms with Crippen molar-refractivity contribution in [2.24, 2.45) is 5.10 Å². The predicted octanol–water partition coefficient (Wildman–Crippen LogP) is 0.734. The van der Waals surface area contributed by atoms with Crippen molar-refractivity contribution in [1.82, 2.24) is 10.7 Å². The Morgan fingerprint density at radius 1 is 1.43 bits per heavy atom. The summed E-state index contributed by atoms with van der Waals surface area (Å²) in [4.78, 5) is 22.8. The summed E-state index contributed by atoms with van der Waals surface area (Å²) in [6.45, 7) is 0. The molecule has 1 fully saturated rings. The molecule has 1 saturated carbocycles. The average molecular weight is 403 g/mol. The van der Waals surface area contributed by atoms with Gasteiger partial charge in [0.1, 0.15) is 0 Å². The number of carbonyl (C=O) groups excluding carboxylic acids is 2. The Hall–Kier alpha value is -1.84. The van der Waals surface area contributed by atoms with Crippen LogP contribution in [0, 0.1) is 3.57 Å². The van der Waals surface area contributed by atoms with Crippen molar-refractivity contribution in [3.05, 3.63) is 21.3 Å². The lowest BCUT2D eigenvalue weighted by Gasteiger charge is -2.06. The Morgan fingerprint density at radius 3 is 2.76 bits per heavy atom. The zero-order chi connectivity index (χ0) is 15.4. The molecular weight excluding hydrogens is 389 g/mol. The molecule has 1 aliphatic carbocycles. The van der Waals surface area contributed by atoms with Crippen LogP contribution in [0.15, 0.2) is 17.2 Å². The zero-order valence-electron chi connectivity index (χ0n) is 11.2. The highest BCUT2D eigenvalue weighted by molar-refractivity contribution is 14.1. The Bertz CT molecular complexity index is 599. The fraction of sp³-hybridized carbons (Fsp3) is 0.308. The second-order valence-electron chi connectivity index (χ2n) is 4.50. The van der Waals surface area contributed by atoms with Gasteiger partial charge in [0.05, 0.1) is 16.9 Å². The van der Waals surface area contributed by atoms with Crippen LogP contribution in [0.4, 0.5) is 0 Å². The lowest BCUT2D eigenvalue weighted by atomic mass is 10.2. The number of amides is 2. The summed E-state index contributed by atoms with van der Waals surface area (Å²) in [5.41, 5.74) is 2.77. The highest BCUT2D eigenvalue weighted by Gasteiger charge is 2.26. The third-order valence-electron chi connectivity index (χ3n) is 2.77. The normalized spacial score (nSPS) is 14.0. The van der Waals surface area contributed by atoms with Crippen LogP contribution in [0.1, 0.15) is 18.4 Å². The van der Waals surface area contributed by atoms with E-state index in [0.717, 1.165) is 12.8 Å². The topological polar surface area (TPSA) is 100 Å². The Kier molecular flexibility index (Phi) is 4.99. The van der Waals surface area contributed by atoms with E-state index >= 15 is 0 Å². The molecule has 0 saturated heterocycles. The number of nitrogens with one attached hydrogen (secondary N) is 2. The van der Waals surface area contributed by atoms with Gasteiger partial charge in [-0.15, -0.1) is 0 Å². The number of nitrogens with zero attached hydrogens (tertiary/aromatic N) is 1. The van der Waals surface area contributed by atoms with Crippen molar-refractivity contribution >= 4 is 40.6 Å². The van der Waals surface area contributed by atoms with Crippen LogP contribution in [0.25, 0.3) is 0 Å². The molecule has 0 bridgehead atoms. The van der Waals surface area contributed by atoms with Gasteiger partial charge >= 0.3 is 11.8 Å². The molecule has 0 spiro atoms. The molecule has 1 aromatic rings. The van der Waals surface area contributed by atoms with Crippen LogP contribution in [-0.4, -0.2) is 36.3 Å². The van der Waals surface area contributed by atoms with Crippen LogP contribution in [-0.2, 0) is 9.59 Å². The molecule has 0 aromatic heterocycles. The van der Waals surface area contributed by atoms with E-state index in [9.17, 15) is 14.7 Å². The zero-order valence-corrected chi connectivity index (χ0v) is 13.4. The SMILES string of the molecule is COc1cc(/C=N\NC(=O)C(=O)NC2CC2)cc(I)c1O. The third kappa shape index (κ3) is 4.31. The molecule has 21 heavy (non-hydrogen) atoms. The maximum Gasteiger partial charge on any atom is 0.329 e. The van der Waals surface area contributed by atoms with Crippen LogP contribution >= 0.6 is 22.6 Å². The number of ether oxygens (including phenoxy) is 1. The molecule has 0 heterocycles.